The fraction of sp³-hybridized carbons (Fsp3) is 0.409. The van der Waals surface area contributed by atoms with Crippen molar-refractivity contribution in [1.82, 2.24) is 9.03 Å². The van der Waals surface area contributed by atoms with Gasteiger partial charge in [0.05, 0.1) is 0 Å². The molecule has 2 aromatic carbocycles. The first kappa shape index (κ1) is 20.8. The molecule has 2 aliphatic rings. The Kier molecular flexibility index (Phi) is 5.12. The number of carboxylic acid groups (broad SMARTS) is 1. The van der Waals surface area contributed by atoms with Gasteiger partial charge in [-0.05, 0) is 48.6 Å². The van der Waals surface area contributed by atoms with E-state index in [-0.39, 0.29) is 25.0 Å². The summed E-state index contributed by atoms with van der Waals surface area (Å²) in [6.07, 6.45) is 0. The Morgan fingerprint density at radius 1 is 1.13 bits per heavy atom. The Bertz CT molecular complexity index is 1070. The first-order valence-electron chi connectivity index (χ1n) is 10.1. The lowest BCUT2D eigenvalue weighted by Crippen LogP contribution is -2.50. The average Bonchev–Trinajstić information content (AvgIpc) is 3.05. The third kappa shape index (κ3) is 3.49. The van der Waals surface area contributed by atoms with Crippen LogP contribution in [0.15, 0.2) is 48.5 Å². The van der Waals surface area contributed by atoms with Crippen LogP contribution in [0.3, 0.4) is 0 Å². The minimum absolute atomic E-state index is 0.221. The molecule has 1 fully saturated rings. The molecule has 4 rings (SSSR count). The summed E-state index contributed by atoms with van der Waals surface area (Å²) in [5.74, 6) is -1.90. The van der Waals surface area contributed by atoms with Crippen molar-refractivity contribution in [3.8, 4) is 0 Å². The zero-order valence-electron chi connectivity index (χ0n) is 17.3. The molecule has 1 unspecified atom stereocenters. The Hall–Kier alpha value is -2.42. The Balaban J connectivity index is 1.56. The number of hydrogen-bond donors (Lipinski definition) is 3. The molecule has 0 amide bonds. The number of hydrogen-bond acceptors (Lipinski definition) is 4. The maximum absolute atomic E-state index is 13.2. The van der Waals surface area contributed by atoms with Crippen molar-refractivity contribution >= 4 is 21.9 Å². The summed E-state index contributed by atoms with van der Waals surface area (Å²) >= 11 is 0. The van der Waals surface area contributed by atoms with Gasteiger partial charge in [0.1, 0.15) is 5.54 Å². The van der Waals surface area contributed by atoms with Gasteiger partial charge in [0, 0.05) is 30.7 Å². The van der Waals surface area contributed by atoms with Gasteiger partial charge in [-0.1, -0.05) is 43.3 Å². The van der Waals surface area contributed by atoms with Gasteiger partial charge in [0.15, 0.2) is 0 Å². The number of carbonyl (C=O) groups is 1. The van der Waals surface area contributed by atoms with Crippen LogP contribution in [0.4, 0.5) is 5.69 Å². The third-order valence-corrected chi connectivity index (χ3v) is 7.64. The van der Waals surface area contributed by atoms with E-state index < -0.39 is 27.6 Å². The highest BCUT2D eigenvalue weighted by molar-refractivity contribution is 7.87. The number of nitrogens with one attached hydrogen (secondary N) is 2. The number of benzene rings is 2. The van der Waals surface area contributed by atoms with Crippen LogP contribution >= 0.6 is 0 Å². The van der Waals surface area contributed by atoms with Crippen LogP contribution in [0.25, 0.3) is 0 Å². The van der Waals surface area contributed by atoms with E-state index in [9.17, 15) is 18.3 Å². The Morgan fingerprint density at radius 3 is 2.43 bits per heavy atom. The molecule has 0 spiro atoms. The van der Waals surface area contributed by atoms with Gasteiger partial charge in [-0.25, -0.2) is 0 Å². The highest BCUT2D eigenvalue weighted by Gasteiger charge is 2.70. The molecule has 0 radical (unpaired) electrons. The molecule has 1 saturated carbocycles. The molecule has 0 bridgehead atoms. The molecule has 1 aliphatic heterocycles. The lowest BCUT2D eigenvalue weighted by atomic mass is 10.1. The molecule has 30 heavy (non-hydrogen) atoms. The van der Waals surface area contributed by atoms with E-state index in [1.165, 1.54) is 4.31 Å². The molecule has 1 heterocycles. The smallest absolute Gasteiger partial charge is 0.325 e. The maximum Gasteiger partial charge on any atom is 0.325 e. The number of carboxylic acids is 1. The van der Waals surface area contributed by atoms with Crippen molar-refractivity contribution in [3.05, 3.63) is 65.2 Å². The summed E-state index contributed by atoms with van der Waals surface area (Å²) < 4.78 is 30.2. The largest absolute Gasteiger partial charge is 0.480 e. The number of nitrogens with zero attached hydrogens (tertiary/aromatic N) is 1. The highest BCUT2D eigenvalue weighted by Crippen LogP contribution is 2.58. The second-order valence-corrected chi connectivity index (χ2v) is 10.2. The van der Waals surface area contributed by atoms with Crippen LogP contribution in [0.1, 0.15) is 43.4 Å². The van der Waals surface area contributed by atoms with Crippen molar-refractivity contribution in [1.29, 1.82) is 0 Å². The minimum Gasteiger partial charge on any atom is -0.480 e. The quantitative estimate of drug-likeness (QED) is 0.629. The molecule has 3 N–H and O–H groups in total. The second kappa shape index (κ2) is 7.37. The monoisotopic (exact) mass is 429 g/mol. The second-order valence-electron chi connectivity index (χ2n) is 8.51. The predicted molar refractivity (Wildman–Crippen MR) is 115 cm³/mol. The molecular weight excluding hydrogens is 402 g/mol. The van der Waals surface area contributed by atoms with Crippen LogP contribution in [0.5, 0.6) is 0 Å². The zero-order valence-corrected chi connectivity index (χ0v) is 18.1. The van der Waals surface area contributed by atoms with E-state index in [1.807, 2.05) is 62.4 Å². The molecule has 2 aromatic rings. The minimum atomic E-state index is -4.00. The van der Waals surface area contributed by atoms with Gasteiger partial charge in [0.25, 0.3) is 10.2 Å². The van der Waals surface area contributed by atoms with Crippen molar-refractivity contribution in [2.45, 2.75) is 51.4 Å². The van der Waals surface area contributed by atoms with Gasteiger partial charge in [-0.15, -0.1) is 0 Å². The summed E-state index contributed by atoms with van der Waals surface area (Å²) in [6.45, 7) is 6.31. The SMILES string of the molecule is CC(C)Nc1ccc2c(c1)CN(S(=O)(=O)N[C@@]1(C(=O)O)C(C)[C@@H]1c1ccccc1)C2. The molecule has 3 atom stereocenters. The summed E-state index contributed by atoms with van der Waals surface area (Å²) in [4.78, 5) is 12.2. The highest BCUT2D eigenvalue weighted by atomic mass is 32.2. The molecular formula is C22H27N3O4S. The van der Waals surface area contributed by atoms with Crippen LogP contribution in [0.2, 0.25) is 0 Å². The van der Waals surface area contributed by atoms with Crippen LogP contribution in [0, 0.1) is 5.92 Å². The maximum atomic E-state index is 13.2. The average molecular weight is 430 g/mol. The summed E-state index contributed by atoms with van der Waals surface area (Å²) in [6, 6.07) is 15.3. The third-order valence-electron chi connectivity index (χ3n) is 6.11. The molecule has 0 saturated heterocycles. The molecule has 8 heteroatoms. The summed E-state index contributed by atoms with van der Waals surface area (Å²) in [5.41, 5.74) is 2.10. The number of aliphatic carboxylic acids is 1. The molecule has 160 valence electrons. The normalized spacial score (nSPS) is 25.9. The number of anilines is 1. The predicted octanol–water partition coefficient (Wildman–Crippen LogP) is 2.91. The molecule has 1 aliphatic carbocycles. The van der Waals surface area contributed by atoms with E-state index >= 15 is 0 Å². The van der Waals surface area contributed by atoms with E-state index in [0.29, 0.717) is 0 Å². The lowest BCUT2D eigenvalue weighted by Gasteiger charge is -2.21. The van der Waals surface area contributed by atoms with E-state index in [2.05, 4.69) is 10.0 Å². The van der Waals surface area contributed by atoms with Gasteiger partial charge in [-0.3, -0.25) is 4.79 Å². The zero-order chi connectivity index (χ0) is 21.7. The Labute approximate surface area is 177 Å². The standard InChI is InChI=1S/C22H27N3O4S/c1-14(2)23-19-10-9-17-12-25(13-18(17)11-19)30(28,29)24-22(21(26)27)15(3)20(22)16-7-5-4-6-8-16/h4-11,14-15,20,23-24H,12-13H2,1-3H3,(H,26,27)/t15?,20-,22+/m1/s1. The first-order chi connectivity index (χ1) is 14.1. The summed E-state index contributed by atoms with van der Waals surface area (Å²) in [7, 11) is -4.00. The van der Waals surface area contributed by atoms with E-state index in [0.717, 1.165) is 22.4 Å². The molecule has 0 aromatic heterocycles. The van der Waals surface area contributed by atoms with Crippen molar-refractivity contribution in [3.63, 3.8) is 0 Å². The van der Waals surface area contributed by atoms with Crippen LogP contribution in [-0.4, -0.2) is 35.4 Å². The van der Waals surface area contributed by atoms with Crippen molar-refractivity contribution in [2.24, 2.45) is 5.92 Å². The van der Waals surface area contributed by atoms with Crippen LogP contribution in [-0.2, 0) is 28.1 Å². The lowest BCUT2D eigenvalue weighted by molar-refractivity contribution is -0.140. The van der Waals surface area contributed by atoms with Gasteiger partial charge >= 0.3 is 5.97 Å². The van der Waals surface area contributed by atoms with Gasteiger partial charge in [0.2, 0.25) is 0 Å². The van der Waals surface area contributed by atoms with Gasteiger partial charge < -0.3 is 10.4 Å². The van der Waals surface area contributed by atoms with Gasteiger partial charge in [-0.2, -0.15) is 17.4 Å². The first-order valence-corrected chi connectivity index (χ1v) is 11.5. The topological polar surface area (TPSA) is 98.7 Å². The summed E-state index contributed by atoms with van der Waals surface area (Å²) in [5, 5.41) is 13.3. The van der Waals surface area contributed by atoms with E-state index in [1.54, 1.807) is 6.92 Å². The number of rotatable bonds is 7. The van der Waals surface area contributed by atoms with E-state index in [4.69, 9.17) is 0 Å². The van der Waals surface area contributed by atoms with Crippen molar-refractivity contribution in [2.75, 3.05) is 5.32 Å². The fourth-order valence-electron chi connectivity index (χ4n) is 4.54. The Morgan fingerprint density at radius 2 is 1.80 bits per heavy atom. The van der Waals surface area contributed by atoms with Crippen LogP contribution < -0.4 is 10.0 Å². The number of fused-ring (bicyclic) bond motifs is 1. The molecule has 7 nitrogen and oxygen atoms in total. The fourth-order valence-corrected chi connectivity index (χ4v) is 6.11. The van der Waals surface area contributed by atoms with Crippen molar-refractivity contribution < 1.29 is 18.3 Å².